The summed E-state index contributed by atoms with van der Waals surface area (Å²) in [4.78, 5) is 39.8. The van der Waals surface area contributed by atoms with Crippen LogP contribution in [0.2, 0.25) is 0 Å². The van der Waals surface area contributed by atoms with Crippen molar-refractivity contribution in [3.8, 4) is 0 Å². The Hall–Kier alpha value is -3.07. The van der Waals surface area contributed by atoms with E-state index >= 15 is 0 Å². The van der Waals surface area contributed by atoms with Crippen molar-refractivity contribution in [2.45, 2.75) is 0 Å². The van der Waals surface area contributed by atoms with E-state index in [1.54, 1.807) is 29.2 Å². The van der Waals surface area contributed by atoms with E-state index in [1.807, 2.05) is 0 Å². The van der Waals surface area contributed by atoms with Crippen LogP contribution in [0.25, 0.3) is 10.9 Å². The maximum absolute atomic E-state index is 12.5. The van der Waals surface area contributed by atoms with Crippen molar-refractivity contribution in [2.24, 2.45) is 0 Å². The van der Waals surface area contributed by atoms with Gasteiger partial charge in [-0.05, 0) is 24.3 Å². The fourth-order valence-corrected chi connectivity index (χ4v) is 2.78. The lowest BCUT2D eigenvalue weighted by molar-refractivity contribution is 0.0303. The van der Waals surface area contributed by atoms with Crippen LogP contribution in [0, 0.1) is 0 Å². The van der Waals surface area contributed by atoms with Crippen LogP contribution < -0.4 is 10.6 Å². The van der Waals surface area contributed by atoms with Gasteiger partial charge in [0.1, 0.15) is 5.69 Å². The molecule has 0 radical (unpaired) electrons. The first-order chi connectivity index (χ1) is 12.5. The van der Waals surface area contributed by atoms with Crippen molar-refractivity contribution in [3.63, 3.8) is 0 Å². The minimum Gasteiger partial charge on any atom is -0.465 e. The van der Waals surface area contributed by atoms with Gasteiger partial charge >= 0.3 is 6.09 Å². The van der Waals surface area contributed by atoms with Gasteiger partial charge in [0.15, 0.2) is 0 Å². The predicted molar refractivity (Wildman–Crippen MR) is 93.4 cm³/mol. The molecule has 0 spiro atoms. The molecule has 1 saturated heterocycles. The average molecular weight is 360 g/mol. The van der Waals surface area contributed by atoms with E-state index in [0.717, 1.165) is 10.9 Å². The molecule has 1 aromatic carbocycles. The maximum Gasteiger partial charge on any atom is 0.404 e. The van der Waals surface area contributed by atoms with E-state index in [9.17, 15) is 14.4 Å². The number of carbonyl (C=O) groups is 3. The molecule has 0 aliphatic carbocycles. The molecule has 0 unspecified atom stereocenters. The minimum atomic E-state index is -1.14. The van der Waals surface area contributed by atoms with Crippen LogP contribution in [0.5, 0.6) is 0 Å². The highest BCUT2D eigenvalue weighted by molar-refractivity contribution is 6.01. The summed E-state index contributed by atoms with van der Waals surface area (Å²) in [7, 11) is 0. The highest BCUT2D eigenvalue weighted by Crippen LogP contribution is 2.19. The van der Waals surface area contributed by atoms with Crippen molar-refractivity contribution in [3.05, 3.63) is 35.5 Å². The number of rotatable bonds is 5. The summed E-state index contributed by atoms with van der Waals surface area (Å²) < 4.78 is 5.26. The number of hydrogen-bond acceptors (Lipinski definition) is 4. The lowest BCUT2D eigenvalue weighted by Crippen LogP contribution is -2.40. The number of amides is 3. The molecule has 1 aliphatic rings. The Morgan fingerprint density at radius 1 is 1.12 bits per heavy atom. The Balaban J connectivity index is 1.67. The van der Waals surface area contributed by atoms with Crippen molar-refractivity contribution in [1.82, 2.24) is 20.5 Å². The summed E-state index contributed by atoms with van der Waals surface area (Å²) in [6.07, 6.45) is -1.14. The molecule has 2 heterocycles. The van der Waals surface area contributed by atoms with E-state index in [1.165, 1.54) is 0 Å². The fourth-order valence-electron chi connectivity index (χ4n) is 2.78. The van der Waals surface area contributed by atoms with Crippen LogP contribution in [-0.4, -0.2) is 72.3 Å². The van der Waals surface area contributed by atoms with Gasteiger partial charge in [-0.15, -0.1) is 0 Å². The maximum atomic E-state index is 12.5. The summed E-state index contributed by atoms with van der Waals surface area (Å²) in [5.41, 5.74) is 1.67. The molecule has 1 aromatic heterocycles. The largest absolute Gasteiger partial charge is 0.465 e. The zero-order chi connectivity index (χ0) is 18.5. The first-order valence-electron chi connectivity index (χ1n) is 8.29. The number of aromatic amines is 1. The number of carbonyl (C=O) groups excluding carboxylic acids is 2. The van der Waals surface area contributed by atoms with Gasteiger partial charge in [-0.2, -0.15) is 0 Å². The predicted octanol–water partition coefficient (Wildman–Crippen LogP) is 0.638. The van der Waals surface area contributed by atoms with E-state index < -0.39 is 6.09 Å². The number of H-pyrrole nitrogens is 1. The van der Waals surface area contributed by atoms with Gasteiger partial charge in [-0.1, -0.05) is 0 Å². The molecule has 0 saturated carbocycles. The van der Waals surface area contributed by atoms with Gasteiger partial charge in [0.2, 0.25) is 0 Å². The van der Waals surface area contributed by atoms with Gasteiger partial charge in [0, 0.05) is 42.6 Å². The van der Waals surface area contributed by atoms with Crippen molar-refractivity contribution < 1.29 is 24.2 Å². The molecule has 4 N–H and O–H groups in total. The number of morpholine rings is 1. The summed E-state index contributed by atoms with van der Waals surface area (Å²) in [6.45, 7) is 2.53. The monoisotopic (exact) mass is 360 g/mol. The van der Waals surface area contributed by atoms with Crippen LogP contribution >= 0.6 is 0 Å². The fraction of sp³-hybridized carbons (Fsp3) is 0.353. The zero-order valence-corrected chi connectivity index (χ0v) is 14.1. The zero-order valence-electron chi connectivity index (χ0n) is 14.1. The molecule has 9 heteroatoms. The Bertz CT molecular complexity index is 826. The standard InChI is InChI=1S/C17H20N4O5/c22-15(18-3-4-19-17(24)25)14-10-12-9-11(1-2-13(12)20-14)16(23)21-5-7-26-8-6-21/h1-2,9-10,19-20H,3-8H2,(H,18,22)(H,24,25). The molecule has 9 nitrogen and oxygen atoms in total. The summed E-state index contributed by atoms with van der Waals surface area (Å²) in [6, 6.07) is 6.93. The van der Waals surface area contributed by atoms with Gasteiger partial charge in [0.05, 0.1) is 13.2 Å². The lowest BCUT2D eigenvalue weighted by atomic mass is 10.1. The molecule has 3 amide bonds. The molecule has 0 atom stereocenters. The Morgan fingerprint density at radius 3 is 2.58 bits per heavy atom. The molecule has 1 fully saturated rings. The number of nitrogens with zero attached hydrogens (tertiary/aromatic N) is 1. The van der Waals surface area contributed by atoms with Crippen molar-refractivity contribution >= 4 is 28.8 Å². The highest BCUT2D eigenvalue weighted by Gasteiger charge is 2.19. The third kappa shape index (κ3) is 4.12. The molecule has 2 aromatic rings. The number of benzene rings is 1. The minimum absolute atomic E-state index is 0.0536. The quantitative estimate of drug-likeness (QED) is 0.583. The first-order valence-corrected chi connectivity index (χ1v) is 8.29. The summed E-state index contributed by atoms with van der Waals surface area (Å²) in [5, 5.41) is 14.0. The second-order valence-corrected chi connectivity index (χ2v) is 5.88. The molecule has 26 heavy (non-hydrogen) atoms. The van der Waals surface area contributed by atoms with Gasteiger partial charge in [-0.3, -0.25) is 9.59 Å². The molecule has 0 bridgehead atoms. The third-order valence-corrected chi connectivity index (χ3v) is 4.10. The number of aromatic nitrogens is 1. The number of hydrogen-bond donors (Lipinski definition) is 4. The number of ether oxygens (including phenoxy) is 1. The SMILES string of the molecule is O=C(O)NCCNC(=O)c1cc2cc(C(=O)N3CCOCC3)ccc2[nH]1. The first kappa shape index (κ1) is 17.7. The average Bonchev–Trinajstić information content (AvgIpc) is 3.08. The van der Waals surface area contributed by atoms with Crippen molar-refractivity contribution in [1.29, 1.82) is 0 Å². The second-order valence-electron chi connectivity index (χ2n) is 5.88. The van der Waals surface area contributed by atoms with E-state index in [4.69, 9.17) is 9.84 Å². The normalized spacial score (nSPS) is 14.2. The second kappa shape index (κ2) is 7.87. The molecule has 3 rings (SSSR count). The molecular weight excluding hydrogens is 340 g/mol. The van der Waals surface area contributed by atoms with E-state index in [2.05, 4.69) is 15.6 Å². The summed E-state index contributed by atoms with van der Waals surface area (Å²) in [5.74, 6) is -0.392. The van der Waals surface area contributed by atoms with Crippen LogP contribution in [0.3, 0.4) is 0 Å². The lowest BCUT2D eigenvalue weighted by Gasteiger charge is -2.26. The Labute approximate surface area is 149 Å². The van der Waals surface area contributed by atoms with Crippen LogP contribution in [-0.2, 0) is 4.74 Å². The number of nitrogens with one attached hydrogen (secondary N) is 3. The van der Waals surface area contributed by atoms with Crippen LogP contribution in [0.4, 0.5) is 4.79 Å². The van der Waals surface area contributed by atoms with E-state index in [-0.39, 0.29) is 24.9 Å². The van der Waals surface area contributed by atoms with Gasteiger partial charge in [-0.25, -0.2) is 4.79 Å². The number of fused-ring (bicyclic) bond motifs is 1. The van der Waals surface area contributed by atoms with Crippen LogP contribution in [0.1, 0.15) is 20.8 Å². The third-order valence-electron chi connectivity index (χ3n) is 4.10. The Kier molecular flexibility index (Phi) is 5.37. The molecular formula is C17H20N4O5. The van der Waals surface area contributed by atoms with Gasteiger partial charge in [0.25, 0.3) is 11.8 Å². The molecule has 138 valence electrons. The van der Waals surface area contributed by atoms with Gasteiger partial charge < -0.3 is 30.4 Å². The highest BCUT2D eigenvalue weighted by atomic mass is 16.5. The molecule has 1 aliphatic heterocycles. The van der Waals surface area contributed by atoms with E-state index in [0.29, 0.717) is 37.6 Å². The smallest absolute Gasteiger partial charge is 0.404 e. The number of carboxylic acid groups (broad SMARTS) is 1. The summed E-state index contributed by atoms with van der Waals surface area (Å²) >= 11 is 0. The van der Waals surface area contributed by atoms with Crippen molar-refractivity contribution in [2.75, 3.05) is 39.4 Å². The van der Waals surface area contributed by atoms with Crippen LogP contribution in [0.15, 0.2) is 24.3 Å². The Morgan fingerprint density at radius 2 is 1.85 bits per heavy atom. The topological polar surface area (TPSA) is 124 Å².